The molecule has 1 N–H and O–H groups in total. The third kappa shape index (κ3) is 2.07. The zero-order valence-corrected chi connectivity index (χ0v) is 12.4. The second-order valence-corrected chi connectivity index (χ2v) is 6.09. The summed E-state index contributed by atoms with van der Waals surface area (Å²) in [5.41, 5.74) is 1.42. The van der Waals surface area contributed by atoms with Crippen molar-refractivity contribution in [2.24, 2.45) is 0 Å². The van der Waals surface area contributed by atoms with Gasteiger partial charge in [-0.05, 0) is 44.2 Å². The Kier molecular flexibility index (Phi) is 2.91. The van der Waals surface area contributed by atoms with E-state index < -0.39 is 5.60 Å². The molecule has 0 aromatic heterocycles. The van der Waals surface area contributed by atoms with E-state index in [1.165, 1.54) is 5.57 Å². The predicted molar refractivity (Wildman–Crippen MR) is 77.1 cm³/mol. The van der Waals surface area contributed by atoms with Crippen molar-refractivity contribution in [3.05, 3.63) is 40.4 Å². The van der Waals surface area contributed by atoms with Gasteiger partial charge in [-0.15, -0.1) is 0 Å². The highest BCUT2D eigenvalue weighted by Crippen LogP contribution is 2.36. The summed E-state index contributed by atoms with van der Waals surface area (Å²) in [7, 11) is 0. The smallest absolute Gasteiger partial charge is 0.416 e. The number of amides is 1. The molecule has 0 radical (unpaired) electrons. The van der Waals surface area contributed by atoms with Gasteiger partial charge in [0.25, 0.3) is 0 Å². The summed E-state index contributed by atoms with van der Waals surface area (Å²) in [6, 6.07) is 7.65. The standard InChI is InChI=1S/C14H15BrN2O2/c1-9-7-14(2)12(16-8-9)17(13(18)19-14)11-5-3-10(15)4-6-11/h3-7,12,16H,8H2,1-2H3. The number of fused-ring (bicyclic) bond motifs is 1. The average Bonchev–Trinajstić information content (AvgIpc) is 2.59. The summed E-state index contributed by atoms with van der Waals surface area (Å²) >= 11 is 3.40. The monoisotopic (exact) mass is 322 g/mol. The lowest BCUT2D eigenvalue weighted by atomic mass is 9.95. The molecule has 2 aliphatic rings. The molecule has 1 fully saturated rings. The number of hydrogen-bond donors (Lipinski definition) is 1. The minimum Gasteiger partial charge on any atom is -0.435 e. The summed E-state index contributed by atoms with van der Waals surface area (Å²) in [6.45, 7) is 4.73. The number of rotatable bonds is 1. The van der Waals surface area contributed by atoms with E-state index in [9.17, 15) is 4.79 Å². The molecule has 5 heteroatoms. The Morgan fingerprint density at radius 3 is 2.79 bits per heavy atom. The topological polar surface area (TPSA) is 41.6 Å². The Labute approximate surface area is 120 Å². The normalized spacial score (nSPS) is 29.8. The minimum atomic E-state index is -0.605. The van der Waals surface area contributed by atoms with Crippen LogP contribution in [0.3, 0.4) is 0 Å². The Balaban J connectivity index is 1.99. The fourth-order valence-electron chi connectivity index (χ4n) is 2.71. The van der Waals surface area contributed by atoms with Crippen LogP contribution in [-0.4, -0.2) is 24.4 Å². The summed E-state index contributed by atoms with van der Waals surface area (Å²) < 4.78 is 6.54. The molecule has 2 unspecified atom stereocenters. The molecule has 100 valence electrons. The van der Waals surface area contributed by atoms with Gasteiger partial charge >= 0.3 is 6.09 Å². The lowest BCUT2D eigenvalue weighted by molar-refractivity contribution is 0.0809. The number of hydrogen-bond acceptors (Lipinski definition) is 3. The average molecular weight is 323 g/mol. The maximum absolute atomic E-state index is 12.2. The Morgan fingerprint density at radius 1 is 1.42 bits per heavy atom. The zero-order chi connectivity index (χ0) is 13.6. The Morgan fingerprint density at radius 2 is 2.11 bits per heavy atom. The van der Waals surface area contributed by atoms with Crippen LogP contribution in [0.5, 0.6) is 0 Å². The molecule has 3 rings (SSSR count). The first kappa shape index (κ1) is 12.7. The number of nitrogens with zero attached hydrogens (tertiary/aromatic N) is 1. The van der Waals surface area contributed by atoms with Crippen LogP contribution in [0.2, 0.25) is 0 Å². The van der Waals surface area contributed by atoms with Crippen molar-refractivity contribution in [1.29, 1.82) is 0 Å². The summed E-state index contributed by atoms with van der Waals surface area (Å²) in [4.78, 5) is 13.8. The van der Waals surface area contributed by atoms with Gasteiger partial charge in [-0.25, -0.2) is 4.79 Å². The van der Waals surface area contributed by atoms with Crippen LogP contribution in [0.25, 0.3) is 0 Å². The molecule has 4 nitrogen and oxygen atoms in total. The quantitative estimate of drug-likeness (QED) is 0.808. The van der Waals surface area contributed by atoms with Crippen LogP contribution in [0.1, 0.15) is 13.8 Å². The van der Waals surface area contributed by atoms with Crippen molar-refractivity contribution in [2.45, 2.75) is 25.6 Å². The second-order valence-electron chi connectivity index (χ2n) is 5.17. The molecular formula is C14H15BrN2O2. The van der Waals surface area contributed by atoms with Crippen molar-refractivity contribution in [3.63, 3.8) is 0 Å². The van der Waals surface area contributed by atoms with Crippen LogP contribution in [-0.2, 0) is 4.74 Å². The highest BCUT2D eigenvalue weighted by Gasteiger charge is 2.51. The molecule has 0 spiro atoms. The molecule has 0 aliphatic carbocycles. The van der Waals surface area contributed by atoms with Crippen LogP contribution < -0.4 is 10.2 Å². The molecule has 2 heterocycles. The molecule has 0 saturated carbocycles. The van der Waals surface area contributed by atoms with Crippen LogP contribution in [0.15, 0.2) is 40.4 Å². The molecule has 19 heavy (non-hydrogen) atoms. The summed E-state index contributed by atoms with van der Waals surface area (Å²) in [6.07, 6.45) is 1.56. The second kappa shape index (κ2) is 4.35. The molecule has 1 amide bonds. The number of benzene rings is 1. The summed E-state index contributed by atoms with van der Waals surface area (Å²) in [5.74, 6) is 0. The lowest BCUT2D eigenvalue weighted by Gasteiger charge is -2.34. The SMILES string of the molecule is CC1=CC2(C)OC(=O)N(c3ccc(Br)cc3)C2NC1. The van der Waals surface area contributed by atoms with E-state index in [2.05, 4.69) is 21.2 Å². The first-order chi connectivity index (χ1) is 8.99. The van der Waals surface area contributed by atoms with Crippen molar-refractivity contribution in [3.8, 4) is 0 Å². The highest BCUT2D eigenvalue weighted by atomic mass is 79.9. The number of carbonyl (C=O) groups is 1. The third-order valence-electron chi connectivity index (χ3n) is 3.52. The van der Waals surface area contributed by atoms with Crippen molar-refractivity contribution < 1.29 is 9.53 Å². The largest absolute Gasteiger partial charge is 0.435 e. The van der Waals surface area contributed by atoms with Crippen molar-refractivity contribution in [1.82, 2.24) is 5.32 Å². The number of ether oxygens (including phenoxy) is 1. The van der Waals surface area contributed by atoms with Crippen molar-refractivity contribution in [2.75, 3.05) is 11.4 Å². The van der Waals surface area contributed by atoms with E-state index in [1.807, 2.05) is 44.2 Å². The van der Waals surface area contributed by atoms with Crippen LogP contribution >= 0.6 is 15.9 Å². The minimum absolute atomic E-state index is 0.162. The fraction of sp³-hybridized carbons (Fsp3) is 0.357. The van der Waals surface area contributed by atoms with Crippen LogP contribution in [0.4, 0.5) is 10.5 Å². The van der Waals surface area contributed by atoms with E-state index in [4.69, 9.17) is 4.74 Å². The molecule has 1 saturated heterocycles. The van der Waals surface area contributed by atoms with E-state index in [0.29, 0.717) is 0 Å². The zero-order valence-electron chi connectivity index (χ0n) is 10.8. The molecule has 1 aromatic rings. The van der Waals surface area contributed by atoms with E-state index in [1.54, 1.807) is 4.90 Å². The van der Waals surface area contributed by atoms with Gasteiger partial charge in [-0.1, -0.05) is 21.5 Å². The maximum Gasteiger partial charge on any atom is 0.416 e. The van der Waals surface area contributed by atoms with Crippen molar-refractivity contribution >= 4 is 27.7 Å². The van der Waals surface area contributed by atoms with Gasteiger partial charge in [0.05, 0.1) is 0 Å². The maximum atomic E-state index is 12.2. The van der Waals surface area contributed by atoms with E-state index in [-0.39, 0.29) is 12.3 Å². The highest BCUT2D eigenvalue weighted by molar-refractivity contribution is 9.10. The van der Waals surface area contributed by atoms with E-state index >= 15 is 0 Å². The number of carbonyl (C=O) groups excluding carboxylic acids is 1. The Hall–Kier alpha value is -1.33. The van der Waals surface area contributed by atoms with Gasteiger partial charge in [0.15, 0.2) is 5.60 Å². The number of anilines is 1. The van der Waals surface area contributed by atoms with Gasteiger partial charge in [0.1, 0.15) is 6.17 Å². The van der Waals surface area contributed by atoms with Gasteiger partial charge in [-0.2, -0.15) is 0 Å². The van der Waals surface area contributed by atoms with Gasteiger partial charge < -0.3 is 4.74 Å². The summed E-state index contributed by atoms with van der Waals surface area (Å²) in [5, 5.41) is 3.36. The Bertz CT molecular complexity index is 555. The molecule has 2 aliphatic heterocycles. The molecule has 1 aromatic carbocycles. The first-order valence-electron chi connectivity index (χ1n) is 6.19. The van der Waals surface area contributed by atoms with Gasteiger partial charge in [0, 0.05) is 16.7 Å². The van der Waals surface area contributed by atoms with Gasteiger partial charge in [0.2, 0.25) is 0 Å². The third-order valence-corrected chi connectivity index (χ3v) is 4.05. The first-order valence-corrected chi connectivity index (χ1v) is 6.98. The van der Waals surface area contributed by atoms with Crippen LogP contribution in [0, 0.1) is 0 Å². The van der Waals surface area contributed by atoms with Gasteiger partial charge in [-0.3, -0.25) is 10.2 Å². The predicted octanol–water partition coefficient (Wildman–Crippen LogP) is 3.04. The van der Waals surface area contributed by atoms with E-state index in [0.717, 1.165) is 16.7 Å². The molecular weight excluding hydrogens is 308 g/mol. The molecule has 0 bridgehead atoms. The lowest BCUT2D eigenvalue weighted by Crippen LogP contribution is -2.55. The molecule has 2 atom stereocenters. The number of halogens is 1. The fourth-order valence-corrected chi connectivity index (χ4v) is 2.98. The number of nitrogens with one attached hydrogen (secondary N) is 1.